The van der Waals surface area contributed by atoms with E-state index in [0.717, 1.165) is 18.7 Å². The standard InChI is InChI=1S/C13H22N4O/c1-10(2)18-13-15-8-11(9-16-13)12(7-14)17-5-3-4-6-17/h8-10,12H,3-7,14H2,1-2H3/t12-/m0/s1. The van der Waals surface area contributed by atoms with E-state index >= 15 is 0 Å². The number of nitrogens with zero attached hydrogens (tertiary/aromatic N) is 3. The lowest BCUT2D eigenvalue weighted by Gasteiger charge is -2.26. The topological polar surface area (TPSA) is 64.3 Å². The minimum absolute atomic E-state index is 0.0970. The molecule has 2 N–H and O–H groups in total. The molecule has 1 saturated heterocycles. The first-order valence-electron chi connectivity index (χ1n) is 6.63. The van der Waals surface area contributed by atoms with E-state index in [4.69, 9.17) is 10.5 Å². The van der Waals surface area contributed by atoms with Crippen molar-refractivity contribution in [3.63, 3.8) is 0 Å². The lowest BCUT2D eigenvalue weighted by molar-refractivity contribution is 0.219. The molecule has 1 aliphatic heterocycles. The van der Waals surface area contributed by atoms with Crippen molar-refractivity contribution in [3.8, 4) is 6.01 Å². The maximum absolute atomic E-state index is 5.87. The van der Waals surface area contributed by atoms with Crippen molar-refractivity contribution in [2.24, 2.45) is 5.73 Å². The third-order valence-electron chi connectivity index (χ3n) is 3.18. The highest BCUT2D eigenvalue weighted by molar-refractivity contribution is 5.13. The summed E-state index contributed by atoms with van der Waals surface area (Å²) in [7, 11) is 0. The van der Waals surface area contributed by atoms with Gasteiger partial charge in [-0.15, -0.1) is 0 Å². The Hall–Kier alpha value is -1.20. The average Bonchev–Trinajstić information content (AvgIpc) is 2.85. The first-order chi connectivity index (χ1) is 8.70. The minimum atomic E-state index is 0.0970. The predicted octanol–water partition coefficient (Wildman–Crippen LogP) is 1.36. The van der Waals surface area contributed by atoms with Crippen LogP contribution in [0.15, 0.2) is 12.4 Å². The number of hydrogen-bond donors (Lipinski definition) is 1. The molecule has 5 heteroatoms. The van der Waals surface area contributed by atoms with Crippen LogP contribution in [0.5, 0.6) is 6.01 Å². The number of aromatic nitrogens is 2. The van der Waals surface area contributed by atoms with Crippen molar-refractivity contribution in [3.05, 3.63) is 18.0 Å². The second-order valence-electron chi connectivity index (χ2n) is 4.96. The Balaban J connectivity index is 2.06. The summed E-state index contributed by atoms with van der Waals surface area (Å²) in [6, 6.07) is 0.673. The van der Waals surface area contributed by atoms with Gasteiger partial charge in [0.2, 0.25) is 0 Å². The van der Waals surface area contributed by atoms with E-state index in [2.05, 4.69) is 14.9 Å². The third-order valence-corrected chi connectivity index (χ3v) is 3.18. The number of nitrogens with two attached hydrogens (primary N) is 1. The quantitative estimate of drug-likeness (QED) is 0.855. The van der Waals surface area contributed by atoms with Gasteiger partial charge in [0.15, 0.2) is 0 Å². The van der Waals surface area contributed by atoms with E-state index in [1.807, 2.05) is 26.2 Å². The van der Waals surface area contributed by atoms with Crippen molar-refractivity contribution in [1.29, 1.82) is 0 Å². The van der Waals surface area contributed by atoms with Crippen LogP contribution in [0.3, 0.4) is 0 Å². The van der Waals surface area contributed by atoms with E-state index in [-0.39, 0.29) is 12.1 Å². The molecule has 0 aliphatic carbocycles. The molecule has 0 aromatic carbocycles. The van der Waals surface area contributed by atoms with Gasteiger partial charge < -0.3 is 10.5 Å². The third kappa shape index (κ3) is 3.17. The van der Waals surface area contributed by atoms with Crippen LogP contribution in [0.4, 0.5) is 0 Å². The lowest BCUT2D eigenvalue weighted by Crippen LogP contribution is -2.31. The number of ether oxygens (including phenoxy) is 1. The minimum Gasteiger partial charge on any atom is -0.461 e. The van der Waals surface area contributed by atoms with E-state index in [1.54, 1.807) is 0 Å². The lowest BCUT2D eigenvalue weighted by atomic mass is 10.1. The second kappa shape index (κ2) is 6.11. The molecule has 0 radical (unpaired) electrons. The van der Waals surface area contributed by atoms with Crippen LogP contribution >= 0.6 is 0 Å². The molecule has 1 atom stereocenters. The molecule has 0 bridgehead atoms. The van der Waals surface area contributed by atoms with Crippen molar-refractivity contribution in [2.45, 2.75) is 38.8 Å². The summed E-state index contributed by atoms with van der Waals surface area (Å²) in [5, 5.41) is 0. The van der Waals surface area contributed by atoms with Crippen molar-refractivity contribution in [1.82, 2.24) is 14.9 Å². The van der Waals surface area contributed by atoms with Crippen LogP contribution < -0.4 is 10.5 Å². The fraction of sp³-hybridized carbons (Fsp3) is 0.692. The summed E-state index contributed by atoms with van der Waals surface area (Å²) >= 11 is 0. The van der Waals surface area contributed by atoms with Crippen molar-refractivity contribution >= 4 is 0 Å². The molecule has 100 valence electrons. The van der Waals surface area contributed by atoms with Crippen LogP contribution in [0.25, 0.3) is 0 Å². The molecule has 2 heterocycles. The van der Waals surface area contributed by atoms with Crippen molar-refractivity contribution in [2.75, 3.05) is 19.6 Å². The van der Waals surface area contributed by atoms with E-state index in [1.165, 1.54) is 12.8 Å². The summed E-state index contributed by atoms with van der Waals surface area (Å²) in [5.41, 5.74) is 6.95. The van der Waals surface area contributed by atoms with Gasteiger partial charge in [0.05, 0.1) is 12.1 Å². The summed E-state index contributed by atoms with van der Waals surface area (Å²) in [5.74, 6) is 0. The highest BCUT2D eigenvalue weighted by Crippen LogP contribution is 2.23. The molecule has 18 heavy (non-hydrogen) atoms. The van der Waals surface area contributed by atoms with E-state index in [9.17, 15) is 0 Å². The molecule has 5 nitrogen and oxygen atoms in total. The van der Waals surface area contributed by atoms with E-state index in [0.29, 0.717) is 12.6 Å². The maximum atomic E-state index is 5.87. The van der Waals surface area contributed by atoms with Gasteiger partial charge in [-0.1, -0.05) is 0 Å². The Labute approximate surface area is 108 Å². The Kier molecular flexibility index (Phi) is 4.49. The second-order valence-corrected chi connectivity index (χ2v) is 4.96. The summed E-state index contributed by atoms with van der Waals surface area (Å²) in [4.78, 5) is 10.9. The van der Waals surface area contributed by atoms with Gasteiger partial charge in [-0.3, -0.25) is 4.90 Å². The van der Waals surface area contributed by atoms with Crippen LogP contribution in [0.2, 0.25) is 0 Å². The summed E-state index contributed by atoms with van der Waals surface area (Å²) < 4.78 is 5.44. The molecule has 1 aliphatic rings. The summed E-state index contributed by atoms with van der Waals surface area (Å²) in [6.07, 6.45) is 6.28. The predicted molar refractivity (Wildman–Crippen MR) is 70.4 cm³/mol. The van der Waals surface area contributed by atoms with Crippen LogP contribution in [-0.2, 0) is 0 Å². The normalized spacial score (nSPS) is 18.2. The van der Waals surface area contributed by atoms with Crippen LogP contribution in [-0.4, -0.2) is 40.6 Å². The highest BCUT2D eigenvalue weighted by atomic mass is 16.5. The molecule has 0 spiro atoms. The van der Waals surface area contributed by atoms with Gasteiger partial charge in [-0.25, -0.2) is 9.97 Å². The fourth-order valence-electron chi connectivity index (χ4n) is 2.32. The monoisotopic (exact) mass is 250 g/mol. The van der Waals surface area contributed by atoms with Gasteiger partial charge in [-0.2, -0.15) is 0 Å². The molecular weight excluding hydrogens is 228 g/mol. The molecule has 0 amide bonds. The van der Waals surface area contributed by atoms with Gasteiger partial charge >= 0.3 is 6.01 Å². The van der Waals surface area contributed by atoms with Gasteiger partial charge in [0.1, 0.15) is 0 Å². The first kappa shape index (κ1) is 13.2. The smallest absolute Gasteiger partial charge is 0.316 e. The molecule has 2 rings (SSSR count). The Morgan fingerprint density at radius 3 is 2.39 bits per heavy atom. The van der Waals surface area contributed by atoms with Crippen LogP contribution in [0, 0.1) is 0 Å². The molecule has 1 aromatic heterocycles. The zero-order valence-corrected chi connectivity index (χ0v) is 11.2. The van der Waals surface area contributed by atoms with Gasteiger partial charge in [0, 0.05) is 24.5 Å². The molecule has 1 fully saturated rings. The number of likely N-dealkylation sites (tertiary alicyclic amines) is 1. The summed E-state index contributed by atoms with van der Waals surface area (Å²) in [6.45, 7) is 6.76. The molecule has 0 saturated carbocycles. The fourth-order valence-corrected chi connectivity index (χ4v) is 2.32. The molecule has 1 aromatic rings. The Bertz CT molecular complexity index is 360. The molecular formula is C13H22N4O. The average molecular weight is 250 g/mol. The zero-order chi connectivity index (χ0) is 13.0. The molecule has 0 unspecified atom stereocenters. The zero-order valence-electron chi connectivity index (χ0n) is 11.2. The first-order valence-corrected chi connectivity index (χ1v) is 6.63. The van der Waals surface area contributed by atoms with Gasteiger partial charge in [-0.05, 0) is 39.8 Å². The van der Waals surface area contributed by atoms with E-state index < -0.39 is 0 Å². The highest BCUT2D eigenvalue weighted by Gasteiger charge is 2.22. The van der Waals surface area contributed by atoms with Crippen LogP contribution in [0.1, 0.15) is 38.3 Å². The maximum Gasteiger partial charge on any atom is 0.316 e. The van der Waals surface area contributed by atoms with Gasteiger partial charge in [0.25, 0.3) is 0 Å². The number of hydrogen-bond acceptors (Lipinski definition) is 5. The Morgan fingerprint density at radius 1 is 1.28 bits per heavy atom. The van der Waals surface area contributed by atoms with Crippen molar-refractivity contribution < 1.29 is 4.74 Å². The largest absolute Gasteiger partial charge is 0.461 e. The Morgan fingerprint density at radius 2 is 1.89 bits per heavy atom. The number of rotatable bonds is 5. The SMILES string of the molecule is CC(C)Oc1ncc([C@H](CN)N2CCCC2)cn1.